The van der Waals surface area contributed by atoms with E-state index >= 15 is 0 Å². The third-order valence-electron chi connectivity index (χ3n) is 3.20. The van der Waals surface area contributed by atoms with Gasteiger partial charge in [0.25, 0.3) is 0 Å². The third kappa shape index (κ3) is 10.7. The molecule has 104 valence electrons. The molecule has 0 aromatic heterocycles. The highest BCUT2D eigenvalue weighted by molar-refractivity contribution is 4.60. The molecule has 0 aromatic carbocycles. The molecule has 0 saturated carbocycles. The molecule has 0 spiro atoms. The van der Waals surface area contributed by atoms with Crippen LogP contribution in [0, 0.1) is 0 Å². The first-order valence-corrected chi connectivity index (χ1v) is 7.05. The van der Waals surface area contributed by atoms with Gasteiger partial charge in [-0.05, 0) is 67.0 Å². The first-order valence-electron chi connectivity index (χ1n) is 7.05. The zero-order valence-electron chi connectivity index (χ0n) is 12.8. The summed E-state index contributed by atoms with van der Waals surface area (Å²) in [6.45, 7) is 13.6. The summed E-state index contributed by atoms with van der Waals surface area (Å²) in [6.07, 6.45) is 2.51. The molecule has 3 nitrogen and oxygen atoms in total. The van der Waals surface area contributed by atoms with Crippen LogP contribution in [0.4, 0.5) is 0 Å². The Hall–Kier alpha value is -0.120. The van der Waals surface area contributed by atoms with E-state index in [1.54, 1.807) is 0 Å². The van der Waals surface area contributed by atoms with Crippen LogP contribution in [0.2, 0.25) is 0 Å². The molecule has 17 heavy (non-hydrogen) atoms. The van der Waals surface area contributed by atoms with Gasteiger partial charge >= 0.3 is 0 Å². The molecule has 0 aliphatic heterocycles. The van der Waals surface area contributed by atoms with Gasteiger partial charge in [-0.1, -0.05) is 13.8 Å². The normalized spacial score (nSPS) is 12.4. The van der Waals surface area contributed by atoms with Crippen molar-refractivity contribution in [2.75, 3.05) is 40.3 Å². The highest BCUT2D eigenvalue weighted by Gasteiger charge is 2.03. The van der Waals surface area contributed by atoms with Crippen LogP contribution >= 0.6 is 0 Å². The molecule has 0 atom stereocenters. The van der Waals surface area contributed by atoms with Crippen molar-refractivity contribution in [2.24, 2.45) is 0 Å². The number of nitrogens with one attached hydrogen (secondary N) is 1. The van der Waals surface area contributed by atoms with Gasteiger partial charge in [0.05, 0.1) is 0 Å². The monoisotopic (exact) mass is 243 g/mol. The average molecular weight is 243 g/mol. The summed E-state index contributed by atoms with van der Waals surface area (Å²) in [4.78, 5) is 4.85. The lowest BCUT2D eigenvalue weighted by molar-refractivity contribution is 0.243. The van der Waals surface area contributed by atoms with Gasteiger partial charge in [-0.15, -0.1) is 0 Å². The van der Waals surface area contributed by atoms with Crippen molar-refractivity contribution in [3.05, 3.63) is 0 Å². The van der Waals surface area contributed by atoms with Gasteiger partial charge < -0.3 is 15.1 Å². The second kappa shape index (κ2) is 9.86. The fraction of sp³-hybridized carbons (Fsp3) is 1.00. The Balaban J connectivity index is 3.37. The Morgan fingerprint density at radius 2 is 1.47 bits per heavy atom. The first-order chi connectivity index (χ1) is 7.93. The van der Waals surface area contributed by atoms with Crippen molar-refractivity contribution in [1.82, 2.24) is 15.1 Å². The predicted octanol–water partition coefficient (Wildman–Crippen LogP) is 2.04. The summed E-state index contributed by atoms with van der Waals surface area (Å²) >= 11 is 0. The molecule has 0 saturated heterocycles. The number of nitrogens with zero attached hydrogens (tertiary/aromatic N) is 2. The standard InChI is InChI=1S/C14H33N3/c1-13(2)15-9-7-10-16(5)11-8-12-17(6)14(3)4/h13-15H,7-12H2,1-6H3. The lowest BCUT2D eigenvalue weighted by atomic mass is 10.3. The van der Waals surface area contributed by atoms with Crippen molar-refractivity contribution in [2.45, 2.75) is 52.6 Å². The second-order valence-electron chi connectivity index (χ2n) is 5.69. The minimum atomic E-state index is 0.611. The molecule has 1 N–H and O–H groups in total. The van der Waals surface area contributed by atoms with E-state index in [0.29, 0.717) is 12.1 Å². The minimum Gasteiger partial charge on any atom is -0.314 e. The Morgan fingerprint density at radius 3 is 2.00 bits per heavy atom. The minimum absolute atomic E-state index is 0.611. The van der Waals surface area contributed by atoms with E-state index in [0.717, 1.165) is 6.54 Å². The summed E-state index contributed by atoms with van der Waals surface area (Å²) in [5.41, 5.74) is 0. The van der Waals surface area contributed by atoms with Crippen LogP contribution in [0.1, 0.15) is 40.5 Å². The summed E-state index contributed by atoms with van der Waals surface area (Å²) in [5, 5.41) is 3.46. The Labute approximate surface area is 109 Å². The predicted molar refractivity (Wildman–Crippen MR) is 77.6 cm³/mol. The van der Waals surface area contributed by atoms with E-state index in [1.165, 1.54) is 32.5 Å². The molecular formula is C14H33N3. The van der Waals surface area contributed by atoms with Crippen LogP contribution in [-0.4, -0.2) is 62.2 Å². The fourth-order valence-electron chi connectivity index (χ4n) is 1.70. The number of hydrogen-bond acceptors (Lipinski definition) is 3. The summed E-state index contributed by atoms with van der Waals surface area (Å²) < 4.78 is 0. The average Bonchev–Trinajstić information content (AvgIpc) is 2.23. The van der Waals surface area contributed by atoms with Crippen LogP contribution in [0.3, 0.4) is 0 Å². The zero-order valence-corrected chi connectivity index (χ0v) is 12.8. The largest absolute Gasteiger partial charge is 0.314 e. The summed E-state index contributed by atoms with van der Waals surface area (Å²) in [7, 11) is 4.43. The number of rotatable bonds is 10. The maximum Gasteiger partial charge on any atom is 0.00355 e. The van der Waals surface area contributed by atoms with Gasteiger partial charge in [-0.25, -0.2) is 0 Å². The van der Waals surface area contributed by atoms with E-state index in [2.05, 4.69) is 56.9 Å². The lowest BCUT2D eigenvalue weighted by Gasteiger charge is -2.23. The van der Waals surface area contributed by atoms with Crippen LogP contribution < -0.4 is 5.32 Å². The Bertz CT molecular complexity index is 169. The highest BCUT2D eigenvalue weighted by Crippen LogP contribution is 1.97. The lowest BCUT2D eigenvalue weighted by Crippen LogP contribution is -2.31. The highest BCUT2D eigenvalue weighted by atomic mass is 15.1. The molecule has 0 aliphatic carbocycles. The first kappa shape index (κ1) is 16.9. The summed E-state index contributed by atoms with van der Waals surface area (Å²) in [5.74, 6) is 0. The molecule has 0 bridgehead atoms. The molecule has 0 unspecified atom stereocenters. The van der Waals surface area contributed by atoms with Crippen LogP contribution in [0.25, 0.3) is 0 Å². The van der Waals surface area contributed by atoms with E-state index in [9.17, 15) is 0 Å². The molecule has 0 amide bonds. The smallest absolute Gasteiger partial charge is 0.00355 e. The molecule has 0 aromatic rings. The van der Waals surface area contributed by atoms with Crippen LogP contribution in [0.15, 0.2) is 0 Å². The van der Waals surface area contributed by atoms with Crippen LogP contribution in [-0.2, 0) is 0 Å². The molecular weight excluding hydrogens is 210 g/mol. The van der Waals surface area contributed by atoms with Gasteiger partial charge in [0.2, 0.25) is 0 Å². The third-order valence-corrected chi connectivity index (χ3v) is 3.20. The Kier molecular flexibility index (Phi) is 9.79. The molecule has 0 aliphatic rings. The number of hydrogen-bond donors (Lipinski definition) is 1. The van der Waals surface area contributed by atoms with Crippen LogP contribution in [0.5, 0.6) is 0 Å². The molecule has 0 radical (unpaired) electrons. The van der Waals surface area contributed by atoms with Gasteiger partial charge in [-0.2, -0.15) is 0 Å². The van der Waals surface area contributed by atoms with E-state index in [4.69, 9.17) is 0 Å². The maximum atomic E-state index is 3.46. The van der Waals surface area contributed by atoms with E-state index in [1.807, 2.05) is 0 Å². The maximum absolute atomic E-state index is 3.46. The topological polar surface area (TPSA) is 18.5 Å². The van der Waals surface area contributed by atoms with E-state index in [-0.39, 0.29) is 0 Å². The quantitative estimate of drug-likeness (QED) is 0.592. The molecule has 0 rings (SSSR count). The van der Waals surface area contributed by atoms with Gasteiger partial charge in [-0.3, -0.25) is 0 Å². The van der Waals surface area contributed by atoms with Gasteiger partial charge in [0, 0.05) is 12.1 Å². The van der Waals surface area contributed by atoms with Gasteiger partial charge in [0.15, 0.2) is 0 Å². The molecule has 0 heterocycles. The SMILES string of the molecule is CC(C)NCCCN(C)CCCN(C)C(C)C. The molecule has 0 fully saturated rings. The van der Waals surface area contributed by atoms with Crippen molar-refractivity contribution >= 4 is 0 Å². The molecule has 3 heteroatoms. The van der Waals surface area contributed by atoms with Crippen molar-refractivity contribution < 1.29 is 0 Å². The fourth-order valence-corrected chi connectivity index (χ4v) is 1.70. The van der Waals surface area contributed by atoms with E-state index < -0.39 is 0 Å². The second-order valence-corrected chi connectivity index (χ2v) is 5.69. The van der Waals surface area contributed by atoms with Crippen molar-refractivity contribution in [3.63, 3.8) is 0 Å². The Morgan fingerprint density at radius 1 is 0.882 bits per heavy atom. The van der Waals surface area contributed by atoms with Gasteiger partial charge in [0.1, 0.15) is 0 Å². The zero-order chi connectivity index (χ0) is 13.3. The van der Waals surface area contributed by atoms with Crippen molar-refractivity contribution in [3.8, 4) is 0 Å². The van der Waals surface area contributed by atoms with Crippen molar-refractivity contribution in [1.29, 1.82) is 0 Å². The summed E-state index contributed by atoms with van der Waals surface area (Å²) in [6, 6.07) is 1.27.